The molecule has 1 aliphatic heterocycles. The molecule has 0 N–H and O–H groups in total. The van der Waals surface area contributed by atoms with Crippen LogP contribution in [-0.2, 0) is 14.4 Å². The van der Waals surface area contributed by atoms with Crippen molar-refractivity contribution in [2.75, 3.05) is 0 Å². The number of halogens is 2. The summed E-state index contributed by atoms with van der Waals surface area (Å²) >= 11 is 6.75. The molecule has 0 aromatic heterocycles. The van der Waals surface area contributed by atoms with Gasteiger partial charge < -0.3 is 4.74 Å². The lowest BCUT2D eigenvalue weighted by Gasteiger charge is -2.13. The molecule has 36 heavy (non-hydrogen) atoms. The van der Waals surface area contributed by atoms with Gasteiger partial charge in [0.15, 0.2) is 5.75 Å². The van der Waals surface area contributed by atoms with Gasteiger partial charge in [-0.25, -0.2) is 4.79 Å². The van der Waals surface area contributed by atoms with E-state index in [9.17, 15) is 24.5 Å². The molecule has 2 aromatic rings. The number of benzene rings is 2. The van der Waals surface area contributed by atoms with E-state index in [1.54, 1.807) is 12.1 Å². The van der Waals surface area contributed by atoms with E-state index >= 15 is 0 Å². The fourth-order valence-electron chi connectivity index (χ4n) is 4.91. The van der Waals surface area contributed by atoms with Crippen molar-refractivity contribution < 1.29 is 24.0 Å². The van der Waals surface area contributed by atoms with Crippen molar-refractivity contribution in [2.45, 2.75) is 6.42 Å². The minimum Gasteiger partial charge on any atom is -0.421 e. The van der Waals surface area contributed by atoms with E-state index in [1.165, 1.54) is 42.6 Å². The molecule has 0 unspecified atom stereocenters. The number of nitro benzene ring substituents is 1. The van der Waals surface area contributed by atoms with Gasteiger partial charge >= 0.3 is 5.97 Å². The quantitative estimate of drug-likeness (QED) is 0.0669. The average Bonchev–Trinajstić information content (AvgIpc) is 3.52. The van der Waals surface area contributed by atoms with Gasteiger partial charge in [-0.1, -0.05) is 28.1 Å². The number of hydrogen-bond donors (Lipinski definition) is 0. The summed E-state index contributed by atoms with van der Waals surface area (Å²) in [6, 6.07) is 9.02. The standard InChI is InChI=1S/C25H17Br2N3O6/c26-17-10-16(12-28-29-24(32)21-14-4-5-15(9-14)22(21)25(29)33)23(19(27)11-17)36-20(31)8-3-13-1-6-18(7-2-13)30(34)35/h1-8,10-12,14-15,21-22H,9H2/b8-3+,28-12?/t14-,15-,21-,22+/m0/s1. The molecule has 5 rings (SSSR count). The van der Waals surface area contributed by atoms with E-state index in [4.69, 9.17) is 4.74 Å². The van der Waals surface area contributed by atoms with Crippen LogP contribution >= 0.6 is 31.9 Å². The van der Waals surface area contributed by atoms with Crippen LogP contribution in [0.15, 0.2) is 68.7 Å². The monoisotopic (exact) mass is 613 g/mol. The summed E-state index contributed by atoms with van der Waals surface area (Å²) in [5.41, 5.74) is 0.890. The van der Waals surface area contributed by atoms with Crippen LogP contribution in [0.1, 0.15) is 17.5 Å². The molecule has 0 spiro atoms. The second-order valence-corrected chi connectivity index (χ2v) is 10.4. The van der Waals surface area contributed by atoms with Crippen LogP contribution in [0.4, 0.5) is 5.69 Å². The number of carbonyl (C=O) groups excluding carboxylic acids is 3. The maximum absolute atomic E-state index is 12.9. The number of esters is 1. The van der Waals surface area contributed by atoms with Crippen LogP contribution in [0.25, 0.3) is 6.08 Å². The maximum Gasteiger partial charge on any atom is 0.336 e. The molecule has 1 saturated heterocycles. The highest BCUT2D eigenvalue weighted by atomic mass is 79.9. The number of non-ortho nitro benzene ring substituents is 1. The lowest BCUT2D eigenvalue weighted by Crippen LogP contribution is -2.28. The Morgan fingerprint density at radius 3 is 2.33 bits per heavy atom. The van der Waals surface area contributed by atoms with Crippen molar-refractivity contribution in [1.29, 1.82) is 0 Å². The van der Waals surface area contributed by atoms with Gasteiger partial charge in [0, 0.05) is 28.2 Å². The zero-order chi connectivity index (χ0) is 25.6. The first-order valence-corrected chi connectivity index (χ1v) is 12.5. The van der Waals surface area contributed by atoms with Crippen molar-refractivity contribution >= 4 is 67.6 Å². The molecule has 0 radical (unpaired) electrons. The Bertz CT molecular complexity index is 1350. The maximum atomic E-state index is 12.9. The van der Waals surface area contributed by atoms with Crippen LogP contribution in [0, 0.1) is 33.8 Å². The lowest BCUT2D eigenvalue weighted by molar-refractivity contribution is -0.384. The molecular formula is C25H17Br2N3O6. The summed E-state index contributed by atoms with van der Waals surface area (Å²) in [6.45, 7) is 0. The first-order valence-electron chi connectivity index (χ1n) is 11.0. The molecule has 182 valence electrons. The van der Waals surface area contributed by atoms with Crippen molar-refractivity contribution in [3.05, 3.63) is 84.8 Å². The molecule has 9 nitrogen and oxygen atoms in total. The highest BCUT2D eigenvalue weighted by molar-refractivity contribution is 9.11. The first kappa shape index (κ1) is 24.3. The first-order chi connectivity index (χ1) is 17.2. The Morgan fingerprint density at radius 2 is 1.72 bits per heavy atom. The molecule has 2 amide bonds. The average molecular weight is 615 g/mol. The van der Waals surface area contributed by atoms with Crippen molar-refractivity contribution in [3.8, 4) is 5.75 Å². The fraction of sp³-hybridized carbons (Fsp3) is 0.200. The molecular weight excluding hydrogens is 598 g/mol. The van der Waals surface area contributed by atoms with Crippen LogP contribution < -0.4 is 4.74 Å². The van der Waals surface area contributed by atoms with E-state index in [1.807, 2.05) is 12.2 Å². The predicted molar refractivity (Wildman–Crippen MR) is 137 cm³/mol. The molecule has 4 atom stereocenters. The molecule has 1 saturated carbocycles. The van der Waals surface area contributed by atoms with Gasteiger partial charge in [0.05, 0.1) is 27.4 Å². The van der Waals surface area contributed by atoms with Gasteiger partial charge in [-0.15, -0.1) is 0 Å². The number of nitro groups is 1. The summed E-state index contributed by atoms with van der Waals surface area (Å²) in [4.78, 5) is 48.6. The number of hydrazone groups is 1. The molecule has 1 heterocycles. The van der Waals surface area contributed by atoms with Crippen molar-refractivity contribution in [3.63, 3.8) is 0 Å². The Kier molecular flexibility index (Phi) is 6.44. The van der Waals surface area contributed by atoms with Gasteiger partial charge in [0.2, 0.25) is 0 Å². The van der Waals surface area contributed by atoms with E-state index in [2.05, 4.69) is 37.0 Å². The Labute approximate surface area is 221 Å². The van der Waals surface area contributed by atoms with E-state index in [0.29, 0.717) is 20.1 Å². The number of ether oxygens (including phenoxy) is 1. The number of fused-ring (bicyclic) bond motifs is 5. The van der Waals surface area contributed by atoms with E-state index in [0.717, 1.165) is 11.4 Å². The summed E-state index contributed by atoms with van der Waals surface area (Å²) in [6.07, 6.45) is 8.83. The van der Waals surface area contributed by atoms with Crippen molar-refractivity contribution in [2.24, 2.45) is 28.8 Å². The fourth-order valence-corrected chi connectivity index (χ4v) is 6.25. The Hall–Kier alpha value is -3.44. The van der Waals surface area contributed by atoms with Crippen LogP contribution in [0.2, 0.25) is 0 Å². The number of rotatable bonds is 6. The summed E-state index contributed by atoms with van der Waals surface area (Å²) in [5.74, 6) is -1.72. The lowest BCUT2D eigenvalue weighted by atomic mass is 9.85. The van der Waals surface area contributed by atoms with Gasteiger partial charge in [-0.3, -0.25) is 19.7 Å². The highest BCUT2D eigenvalue weighted by Gasteiger charge is 2.59. The normalized spacial score (nSPS) is 24.3. The topological polar surface area (TPSA) is 119 Å². The van der Waals surface area contributed by atoms with Gasteiger partial charge in [-0.2, -0.15) is 10.1 Å². The van der Waals surface area contributed by atoms with Crippen LogP contribution in [0.5, 0.6) is 5.75 Å². The second kappa shape index (κ2) is 9.55. The minimum absolute atomic E-state index is 0.0556. The Morgan fingerprint density at radius 1 is 1.08 bits per heavy atom. The third-order valence-corrected chi connectivity index (χ3v) is 7.56. The zero-order valence-electron chi connectivity index (χ0n) is 18.4. The zero-order valence-corrected chi connectivity index (χ0v) is 21.6. The largest absolute Gasteiger partial charge is 0.421 e. The van der Waals surface area contributed by atoms with Gasteiger partial charge in [-0.05, 0) is 70.1 Å². The Balaban J connectivity index is 1.34. The summed E-state index contributed by atoms with van der Waals surface area (Å²) in [7, 11) is 0. The van der Waals surface area contributed by atoms with Gasteiger partial charge in [0.1, 0.15) is 0 Å². The van der Waals surface area contributed by atoms with Gasteiger partial charge in [0.25, 0.3) is 17.5 Å². The third kappa shape index (κ3) is 4.44. The molecule has 11 heteroatoms. The van der Waals surface area contributed by atoms with Crippen LogP contribution in [0.3, 0.4) is 0 Å². The summed E-state index contributed by atoms with van der Waals surface area (Å²) in [5, 5.41) is 15.9. The molecule has 2 bridgehead atoms. The van der Waals surface area contributed by atoms with Crippen molar-refractivity contribution in [1.82, 2.24) is 5.01 Å². The predicted octanol–water partition coefficient (Wildman–Crippen LogP) is 4.88. The number of imide groups is 1. The summed E-state index contributed by atoms with van der Waals surface area (Å²) < 4.78 is 6.63. The second-order valence-electron chi connectivity index (χ2n) is 8.64. The number of carbonyl (C=O) groups is 3. The molecule has 2 aliphatic carbocycles. The molecule has 2 aromatic carbocycles. The smallest absolute Gasteiger partial charge is 0.336 e. The molecule has 2 fully saturated rings. The number of hydrogen-bond acceptors (Lipinski definition) is 7. The SMILES string of the molecule is O=C(/C=C/c1ccc([N+](=O)[O-])cc1)Oc1c(Br)cc(Br)cc1C=NN1C(=O)[C@@H]2[C@H](C1=O)[C@H]1C=C[C@H]2C1. The number of allylic oxidation sites excluding steroid dienone is 2. The third-order valence-electron chi connectivity index (χ3n) is 6.51. The van der Waals surface area contributed by atoms with E-state index in [-0.39, 0.29) is 46.9 Å². The highest BCUT2D eigenvalue weighted by Crippen LogP contribution is 2.52. The van der Waals surface area contributed by atoms with E-state index < -0.39 is 10.9 Å². The molecule has 3 aliphatic rings. The number of amides is 2. The number of nitrogens with zero attached hydrogens (tertiary/aromatic N) is 3. The van der Waals surface area contributed by atoms with Crippen LogP contribution in [-0.4, -0.2) is 33.9 Å². The minimum atomic E-state index is -0.698.